The SMILES string of the molecule is C[C@H]1CC[C@H]2[C@H](C1)O[C@H](c1ccc(F)c(F)c1)C[C@]2(C)NC(=O)C1CCCCC1. The van der Waals surface area contributed by atoms with Crippen molar-refractivity contribution in [3.8, 4) is 0 Å². The maximum Gasteiger partial charge on any atom is 0.223 e. The minimum atomic E-state index is -0.849. The normalized spacial score (nSPS) is 35.7. The fraction of sp³-hybridized carbons (Fsp3) is 0.708. The molecule has 1 saturated heterocycles. The van der Waals surface area contributed by atoms with E-state index in [2.05, 4.69) is 19.2 Å². The predicted molar refractivity (Wildman–Crippen MR) is 108 cm³/mol. The van der Waals surface area contributed by atoms with Crippen LogP contribution in [0.2, 0.25) is 0 Å². The molecule has 1 N–H and O–H groups in total. The van der Waals surface area contributed by atoms with E-state index in [0.717, 1.165) is 44.9 Å². The monoisotopic (exact) mass is 405 g/mol. The highest BCUT2D eigenvalue weighted by Gasteiger charge is 2.50. The number of halogens is 2. The van der Waals surface area contributed by atoms with Crippen molar-refractivity contribution in [3.63, 3.8) is 0 Å². The van der Waals surface area contributed by atoms with Crippen LogP contribution in [0.15, 0.2) is 18.2 Å². The van der Waals surface area contributed by atoms with Crippen molar-refractivity contribution < 1.29 is 18.3 Å². The Kier molecular flexibility index (Phi) is 5.97. The standard InChI is InChI=1S/C24H33F2NO2/c1-15-8-10-18-21(12-15)29-22(17-9-11-19(25)20(26)13-17)14-24(18,2)27-23(28)16-6-4-3-5-7-16/h9,11,13,15-16,18,21-22H,3-8,10,12,14H2,1-2H3,(H,27,28)/t15-,18-,21-,22-,24-/m0/s1. The minimum Gasteiger partial charge on any atom is -0.370 e. The number of benzene rings is 1. The zero-order valence-electron chi connectivity index (χ0n) is 17.6. The smallest absolute Gasteiger partial charge is 0.223 e. The molecule has 0 aromatic heterocycles. The van der Waals surface area contributed by atoms with Crippen LogP contribution in [0.3, 0.4) is 0 Å². The molecule has 0 unspecified atom stereocenters. The molecule has 0 bridgehead atoms. The predicted octanol–water partition coefficient (Wildman–Crippen LogP) is 5.69. The van der Waals surface area contributed by atoms with Crippen molar-refractivity contribution in [1.29, 1.82) is 0 Å². The number of fused-ring (bicyclic) bond motifs is 1. The summed E-state index contributed by atoms with van der Waals surface area (Å²) < 4.78 is 33.7. The summed E-state index contributed by atoms with van der Waals surface area (Å²) in [4.78, 5) is 13.1. The number of hydrogen-bond acceptors (Lipinski definition) is 2. The molecule has 3 nitrogen and oxygen atoms in total. The quantitative estimate of drug-likeness (QED) is 0.702. The Bertz CT molecular complexity index is 748. The van der Waals surface area contributed by atoms with E-state index in [0.29, 0.717) is 17.9 Å². The van der Waals surface area contributed by atoms with E-state index >= 15 is 0 Å². The van der Waals surface area contributed by atoms with Gasteiger partial charge in [-0.1, -0.05) is 38.7 Å². The number of rotatable bonds is 3. The summed E-state index contributed by atoms with van der Waals surface area (Å²) in [6, 6.07) is 4.02. The van der Waals surface area contributed by atoms with Crippen LogP contribution in [-0.2, 0) is 9.53 Å². The molecule has 0 spiro atoms. The largest absolute Gasteiger partial charge is 0.370 e. The third-order valence-corrected chi connectivity index (χ3v) is 7.52. The van der Waals surface area contributed by atoms with Gasteiger partial charge in [0.1, 0.15) is 0 Å². The first-order valence-corrected chi connectivity index (χ1v) is 11.3. The summed E-state index contributed by atoms with van der Waals surface area (Å²) >= 11 is 0. The van der Waals surface area contributed by atoms with E-state index in [1.54, 1.807) is 6.07 Å². The molecule has 1 aromatic carbocycles. The highest BCUT2D eigenvalue weighted by molar-refractivity contribution is 5.79. The summed E-state index contributed by atoms with van der Waals surface area (Å²) in [5.74, 6) is -0.604. The molecular formula is C24H33F2NO2. The summed E-state index contributed by atoms with van der Waals surface area (Å²) in [5, 5.41) is 3.42. The number of hydrogen-bond donors (Lipinski definition) is 1. The Balaban J connectivity index is 1.58. The summed E-state index contributed by atoms with van der Waals surface area (Å²) in [6.07, 6.45) is 8.79. The minimum absolute atomic E-state index is 0.0299. The highest BCUT2D eigenvalue weighted by atomic mass is 19.2. The third-order valence-electron chi connectivity index (χ3n) is 7.52. The fourth-order valence-corrected chi connectivity index (χ4v) is 5.80. The Morgan fingerprint density at radius 3 is 2.59 bits per heavy atom. The molecule has 5 heteroatoms. The molecule has 2 aliphatic carbocycles. The average Bonchev–Trinajstić information content (AvgIpc) is 2.70. The van der Waals surface area contributed by atoms with Crippen molar-refractivity contribution in [2.45, 2.75) is 89.4 Å². The van der Waals surface area contributed by atoms with Gasteiger partial charge in [0.15, 0.2) is 11.6 Å². The van der Waals surface area contributed by atoms with Crippen LogP contribution in [0.25, 0.3) is 0 Å². The molecule has 0 radical (unpaired) electrons. The Labute approximate surface area is 172 Å². The van der Waals surface area contributed by atoms with Gasteiger partial charge in [-0.2, -0.15) is 0 Å². The molecule has 4 rings (SSSR count). The highest BCUT2D eigenvalue weighted by Crippen LogP contribution is 2.48. The van der Waals surface area contributed by atoms with Crippen molar-refractivity contribution in [2.24, 2.45) is 17.8 Å². The molecule has 160 valence electrons. The van der Waals surface area contributed by atoms with E-state index in [-0.39, 0.29) is 30.0 Å². The van der Waals surface area contributed by atoms with Crippen LogP contribution in [0.1, 0.15) is 83.3 Å². The summed E-state index contributed by atoms with van der Waals surface area (Å²) in [6.45, 7) is 4.37. The van der Waals surface area contributed by atoms with Gasteiger partial charge >= 0.3 is 0 Å². The van der Waals surface area contributed by atoms with E-state index in [9.17, 15) is 13.6 Å². The van der Waals surface area contributed by atoms with Crippen LogP contribution >= 0.6 is 0 Å². The number of nitrogens with one attached hydrogen (secondary N) is 1. The number of carbonyl (C=O) groups is 1. The summed E-state index contributed by atoms with van der Waals surface area (Å²) in [5.41, 5.74) is 0.256. The molecule has 1 heterocycles. The van der Waals surface area contributed by atoms with Crippen LogP contribution in [-0.4, -0.2) is 17.6 Å². The Hall–Kier alpha value is -1.49. The maximum absolute atomic E-state index is 13.9. The Morgan fingerprint density at radius 1 is 1.10 bits per heavy atom. The molecule has 5 atom stereocenters. The van der Waals surface area contributed by atoms with Gasteiger partial charge < -0.3 is 10.1 Å². The lowest BCUT2D eigenvalue weighted by Crippen LogP contribution is -2.61. The molecule has 2 saturated carbocycles. The van der Waals surface area contributed by atoms with Gasteiger partial charge in [-0.3, -0.25) is 4.79 Å². The van der Waals surface area contributed by atoms with Crippen LogP contribution in [0.4, 0.5) is 8.78 Å². The van der Waals surface area contributed by atoms with Gasteiger partial charge in [-0.25, -0.2) is 8.78 Å². The Morgan fingerprint density at radius 2 is 1.86 bits per heavy atom. The molecule has 1 aromatic rings. The zero-order chi connectivity index (χ0) is 20.6. The fourth-order valence-electron chi connectivity index (χ4n) is 5.80. The molecule has 29 heavy (non-hydrogen) atoms. The molecule has 3 aliphatic rings. The number of carbonyl (C=O) groups excluding carboxylic acids is 1. The van der Waals surface area contributed by atoms with Crippen molar-refractivity contribution in [1.82, 2.24) is 5.32 Å². The first kappa shape index (κ1) is 20.8. The van der Waals surface area contributed by atoms with Crippen molar-refractivity contribution in [3.05, 3.63) is 35.4 Å². The van der Waals surface area contributed by atoms with Gasteiger partial charge in [0.05, 0.1) is 12.2 Å². The maximum atomic E-state index is 13.9. The van der Waals surface area contributed by atoms with Crippen LogP contribution in [0, 0.1) is 29.4 Å². The van der Waals surface area contributed by atoms with E-state index < -0.39 is 17.2 Å². The van der Waals surface area contributed by atoms with Crippen LogP contribution in [0.5, 0.6) is 0 Å². The van der Waals surface area contributed by atoms with Crippen LogP contribution < -0.4 is 5.32 Å². The van der Waals surface area contributed by atoms with Gasteiger partial charge in [0.25, 0.3) is 0 Å². The lowest BCUT2D eigenvalue weighted by Gasteiger charge is -2.52. The second-order valence-electron chi connectivity index (χ2n) is 9.81. The number of amides is 1. The number of ether oxygens (including phenoxy) is 1. The molecular weight excluding hydrogens is 372 g/mol. The van der Waals surface area contributed by atoms with E-state index in [1.165, 1.54) is 18.6 Å². The van der Waals surface area contributed by atoms with Crippen molar-refractivity contribution >= 4 is 5.91 Å². The topological polar surface area (TPSA) is 38.3 Å². The summed E-state index contributed by atoms with van der Waals surface area (Å²) in [7, 11) is 0. The van der Waals surface area contributed by atoms with Gasteiger partial charge in [0, 0.05) is 23.8 Å². The first-order chi connectivity index (χ1) is 13.9. The molecule has 3 fully saturated rings. The third kappa shape index (κ3) is 4.35. The second-order valence-corrected chi connectivity index (χ2v) is 9.81. The van der Waals surface area contributed by atoms with Gasteiger partial charge in [-0.15, -0.1) is 0 Å². The van der Waals surface area contributed by atoms with E-state index in [1.807, 2.05) is 0 Å². The first-order valence-electron chi connectivity index (χ1n) is 11.3. The van der Waals surface area contributed by atoms with E-state index in [4.69, 9.17) is 4.74 Å². The molecule has 1 aliphatic heterocycles. The average molecular weight is 406 g/mol. The lowest BCUT2D eigenvalue weighted by atomic mass is 9.66. The zero-order valence-corrected chi connectivity index (χ0v) is 17.6. The van der Waals surface area contributed by atoms with Crippen molar-refractivity contribution in [2.75, 3.05) is 0 Å². The second kappa shape index (κ2) is 8.33. The van der Waals surface area contributed by atoms with Gasteiger partial charge in [-0.05, 0) is 56.2 Å². The van der Waals surface area contributed by atoms with Gasteiger partial charge in [0.2, 0.25) is 5.91 Å². The lowest BCUT2D eigenvalue weighted by molar-refractivity contribution is -0.155. The molecule has 1 amide bonds.